The summed E-state index contributed by atoms with van der Waals surface area (Å²) in [5.74, 6) is -0.200. The van der Waals surface area contributed by atoms with E-state index in [1.54, 1.807) is 24.3 Å². The number of carbonyl (C=O) groups excluding carboxylic acids is 1. The first-order valence-electron chi connectivity index (χ1n) is 5.60. The molecule has 0 unspecified atom stereocenters. The van der Waals surface area contributed by atoms with E-state index in [1.807, 2.05) is 19.1 Å². The molecule has 2 rings (SSSR count). The van der Waals surface area contributed by atoms with E-state index in [0.29, 0.717) is 22.0 Å². The number of hydrogen-bond acceptors (Lipinski definition) is 2. The summed E-state index contributed by atoms with van der Waals surface area (Å²) < 4.78 is 0.756. The lowest BCUT2D eigenvalue weighted by Crippen LogP contribution is -2.12. The molecule has 0 aliphatic carbocycles. The van der Waals surface area contributed by atoms with E-state index in [1.165, 1.54) is 0 Å². The maximum atomic E-state index is 12.1. The molecule has 0 heterocycles. The number of aryl methyl sites for hydroxylation is 1. The van der Waals surface area contributed by atoms with Gasteiger partial charge in [0, 0.05) is 10.2 Å². The van der Waals surface area contributed by atoms with E-state index in [2.05, 4.69) is 21.2 Å². The fourth-order valence-electron chi connectivity index (χ4n) is 1.62. The van der Waals surface area contributed by atoms with Crippen LogP contribution in [0, 0.1) is 6.92 Å². The van der Waals surface area contributed by atoms with Crippen molar-refractivity contribution in [1.29, 1.82) is 0 Å². The van der Waals surface area contributed by atoms with Crippen molar-refractivity contribution in [3.05, 3.63) is 57.0 Å². The van der Waals surface area contributed by atoms with Crippen LogP contribution in [0.15, 0.2) is 40.9 Å². The van der Waals surface area contributed by atoms with Crippen LogP contribution in [0.1, 0.15) is 15.9 Å². The van der Waals surface area contributed by atoms with Gasteiger partial charge in [0.05, 0.1) is 16.3 Å². The summed E-state index contributed by atoms with van der Waals surface area (Å²) >= 11 is 9.21. The van der Waals surface area contributed by atoms with Crippen LogP contribution in [0.5, 0.6) is 0 Å². The molecule has 0 atom stereocenters. The molecule has 0 aromatic heterocycles. The van der Waals surface area contributed by atoms with Crippen molar-refractivity contribution in [2.75, 3.05) is 11.1 Å². The zero-order valence-corrected chi connectivity index (χ0v) is 12.5. The van der Waals surface area contributed by atoms with E-state index < -0.39 is 0 Å². The number of benzene rings is 2. The monoisotopic (exact) mass is 338 g/mol. The zero-order valence-electron chi connectivity index (χ0n) is 10.2. The molecule has 1 amide bonds. The van der Waals surface area contributed by atoms with Gasteiger partial charge in [-0.3, -0.25) is 4.79 Å². The van der Waals surface area contributed by atoms with Crippen LogP contribution in [-0.4, -0.2) is 5.91 Å². The van der Waals surface area contributed by atoms with Gasteiger partial charge in [-0.1, -0.05) is 17.7 Å². The van der Waals surface area contributed by atoms with Gasteiger partial charge in [-0.15, -0.1) is 0 Å². The maximum Gasteiger partial charge on any atom is 0.256 e. The van der Waals surface area contributed by atoms with Crippen LogP contribution in [0.25, 0.3) is 0 Å². The summed E-state index contributed by atoms with van der Waals surface area (Å²) in [5, 5.41) is 3.25. The Kier molecular flexibility index (Phi) is 4.12. The minimum atomic E-state index is -0.200. The fraction of sp³-hybridized carbons (Fsp3) is 0.0714. The Balaban J connectivity index is 2.23. The molecule has 0 fully saturated rings. The number of halogens is 2. The van der Waals surface area contributed by atoms with E-state index in [-0.39, 0.29) is 5.91 Å². The van der Waals surface area contributed by atoms with Crippen molar-refractivity contribution in [3.8, 4) is 0 Å². The quantitative estimate of drug-likeness (QED) is 0.804. The molecule has 19 heavy (non-hydrogen) atoms. The van der Waals surface area contributed by atoms with Gasteiger partial charge in [-0.25, -0.2) is 0 Å². The average Bonchev–Trinajstić information content (AvgIpc) is 2.33. The molecule has 98 valence electrons. The minimum absolute atomic E-state index is 0.200. The Morgan fingerprint density at radius 3 is 2.63 bits per heavy atom. The zero-order chi connectivity index (χ0) is 14.0. The molecule has 5 heteroatoms. The molecule has 3 nitrogen and oxygen atoms in total. The van der Waals surface area contributed by atoms with E-state index in [4.69, 9.17) is 17.3 Å². The number of hydrogen-bond donors (Lipinski definition) is 2. The van der Waals surface area contributed by atoms with E-state index in [9.17, 15) is 4.79 Å². The van der Waals surface area contributed by atoms with Crippen molar-refractivity contribution in [3.63, 3.8) is 0 Å². The molecule has 0 aliphatic heterocycles. The summed E-state index contributed by atoms with van der Waals surface area (Å²) in [6, 6.07) is 10.5. The fourth-order valence-corrected chi connectivity index (χ4v) is 2.42. The molecule has 2 aromatic carbocycles. The third-order valence-electron chi connectivity index (χ3n) is 2.62. The number of nitrogens with one attached hydrogen (secondary N) is 1. The van der Waals surface area contributed by atoms with Gasteiger partial charge in [-0.2, -0.15) is 0 Å². The third kappa shape index (κ3) is 3.28. The molecule has 0 saturated heterocycles. The highest BCUT2D eigenvalue weighted by Gasteiger charge is 2.10. The van der Waals surface area contributed by atoms with Crippen LogP contribution in [0.4, 0.5) is 11.4 Å². The Hall–Kier alpha value is -1.52. The lowest BCUT2D eigenvalue weighted by molar-refractivity contribution is 0.102. The lowest BCUT2D eigenvalue weighted by atomic mass is 10.1. The van der Waals surface area contributed by atoms with Crippen molar-refractivity contribution in [1.82, 2.24) is 0 Å². The first-order valence-corrected chi connectivity index (χ1v) is 6.77. The second kappa shape index (κ2) is 5.63. The molecule has 3 N–H and O–H groups in total. The molecule has 0 bridgehead atoms. The normalized spacial score (nSPS) is 10.3. The minimum Gasteiger partial charge on any atom is -0.397 e. The lowest BCUT2D eigenvalue weighted by Gasteiger charge is -2.08. The van der Waals surface area contributed by atoms with Crippen molar-refractivity contribution in [2.45, 2.75) is 6.92 Å². The van der Waals surface area contributed by atoms with Gasteiger partial charge >= 0.3 is 0 Å². The van der Waals surface area contributed by atoms with Crippen LogP contribution >= 0.6 is 27.5 Å². The van der Waals surface area contributed by atoms with Crippen LogP contribution in [0.3, 0.4) is 0 Å². The smallest absolute Gasteiger partial charge is 0.256 e. The third-order valence-corrected chi connectivity index (χ3v) is 3.62. The summed E-state index contributed by atoms with van der Waals surface area (Å²) in [4.78, 5) is 12.1. The van der Waals surface area contributed by atoms with Gasteiger partial charge in [-0.05, 0) is 58.7 Å². The topological polar surface area (TPSA) is 55.1 Å². The molecule has 0 radical (unpaired) electrons. The Labute approximate surface area is 124 Å². The van der Waals surface area contributed by atoms with Crippen LogP contribution < -0.4 is 11.1 Å². The predicted octanol–water partition coefficient (Wildman–Crippen LogP) is 4.25. The Bertz CT molecular complexity index is 643. The largest absolute Gasteiger partial charge is 0.397 e. The first-order chi connectivity index (χ1) is 8.97. The molecule has 0 aliphatic rings. The van der Waals surface area contributed by atoms with Crippen molar-refractivity contribution >= 4 is 44.8 Å². The molecule has 0 spiro atoms. The highest BCUT2D eigenvalue weighted by molar-refractivity contribution is 9.10. The number of nitrogen functional groups attached to an aromatic ring is 1. The average molecular weight is 340 g/mol. The summed E-state index contributed by atoms with van der Waals surface area (Å²) in [7, 11) is 0. The standard InChI is InChI=1S/C14H12BrClN2O/c1-8-2-4-10(11(15)6-8)14(19)18-9-3-5-12(16)13(17)7-9/h2-7H,17H2,1H3,(H,18,19). The highest BCUT2D eigenvalue weighted by atomic mass is 79.9. The molecule has 0 saturated carbocycles. The highest BCUT2D eigenvalue weighted by Crippen LogP contribution is 2.24. The first kappa shape index (κ1) is 13.9. The summed E-state index contributed by atoms with van der Waals surface area (Å²) in [5.41, 5.74) is 8.39. The van der Waals surface area contributed by atoms with Gasteiger partial charge in [0.2, 0.25) is 0 Å². The van der Waals surface area contributed by atoms with Crippen molar-refractivity contribution < 1.29 is 4.79 Å². The van der Waals surface area contributed by atoms with E-state index >= 15 is 0 Å². The number of nitrogens with two attached hydrogens (primary N) is 1. The Morgan fingerprint density at radius 2 is 2.00 bits per heavy atom. The van der Waals surface area contributed by atoms with Crippen molar-refractivity contribution in [2.24, 2.45) is 0 Å². The Morgan fingerprint density at radius 1 is 1.26 bits per heavy atom. The predicted molar refractivity (Wildman–Crippen MR) is 82.7 cm³/mol. The van der Waals surface area contributed by atoms with Crippen LogP contribution in [0.2, 0.25) is 5.02 Å². The van der Waals surface area contributed by atoms with Gasteiger partial charge in [0.25, 0.3) is 5.91 Å². The summed E-state index contributed by atoms with van der Waals surface area (Å²) in [6.07, 6.45) is 0. The van der Waals surface area contributed by atoms with Gasteiger partial charge in [0.15, 0.2) is 0 Å². The van der Waals surface area contributed by atoms with Gasteiger partial charge < -0.3 is 11.1 Å². The van der Waals surface area contributed by atoms with Gasteiger partial charge in [0.1, 0.15) is 0 Å². The molecule has 2 aromatic rings. The molecular formula is C14H12BrClN2O. The van der Waals surface area contributed by atoms with Crippen LogP contribution in [-0.2, 0) is 0 Å². The summed E-state index contributed by atoms with van der Waals surface area (Å²) in [6.45, 7) is 1.96. The molecular weight excluding hydrogens is 328 g/mol. The maximum absolute atomic E-state index is 12.1. The van der Waals surface area contributed by atoms with E-state index in [0.717, 1.165) is 10.0 Å². The second-order valence-corrected chi connectivity index (χ2v) is 5.44. The second-order valence-electron chi connectivity index (χ2n) is 4.17. The number of rotatable bonds is 2. The number of carbonyl (C=O) groups is 1. The SMILES string of the molecule is Cc1ccc(C(=O)Nc2ccc(Cl)c(N)c2)c(Br)c1. The number of anilines is 2. The number of amides is 1.